The van der Waals surface area contributed by atoms with Gasteiger partial charge in [-0.25, -0.2) is 0 Å². The summed E-state index contributed by atoms with van der Waals surface area (Å²) in [6.07, 6.45) is 10.4. The normalized spacial score (nSPS) is 13.5. The SMILES string of the molecule is CCCCCCCCCCC(OCC)C(O)(OCC)OCC. The van der Waals surface area contributed by atoms with Crippen LogP contribution < -0.4 is 0 Å². The van der Waals surface area contributed by atoms with Gasteiger partial charge in [0, 0.05) is 19.8 Å². The first kappa shape index (κ1) is 21.8. The summed E-state index contributed by atoms with van der Waals surface area (Å²) < 4.78 is 16.5. The van der Waals surface area contributed by atoms with Crippen molar-refractivity contribution in [1.82, 2.24) is 0 Å². The average molecular weight is 318 g/mol. The molecule has 1 atom stereocenters. The summed E-state index contributed by atoms with van der Waals surface area (Å²) in [6.45, 7) is 9.22. The van der Waals surface area contributed by atoms with Gasteiger partial charge < -0.3 is 19.3 Å². The minimum Gasteiger partial charge on any atom is -0.370 e. The van der Waals surface area contributed by atoms with Crippen molar-refractivity contribution in [2.24, 2.45) is 0 Å². The summed E-state index contributed by atoms with van der Waals surface area (Å²) in [5.41, 5.74) is 0. The van der Waals surface area contributed by atoms with Gasteiger partial charge in [0.05, 0.1) is 0 Å². The zero-order chi connectivity index (χ0) is 16.7. The number of unbranched alkanes of at least 4 members (excludes halogenated alkanes) is 7. The standard InChI is InChI=1S/C18H38O4/c1-5-9-10-11-12-13-14-15-16-17(20-6-2)18(19,21-7-3)22-8-4/h17,19H,5-16H2,1-4H3. The molecule has 4 heteroatoms. The highest BCUT2D eigenvalue weighted by Crippen LogP contribution is 2.23. The molecule has 0 saturated carbocycles. The highest BCUT2D eigenvalue weighted by molar-refractivity contribution is 4.70. The van der Waals surface area contributed by atoms with Gasteiger partial charge in [0.1, 0.15) is 6.10 Å². The van der Waals surface area contributed by atoms with E-state index in [9.17, 15) is 5.11 Å². The largest absolute Gasteiger partial charge is 0.370 e. The fraction of sp³-hybridized carbons (Fsp3) is 1.00. The monoisotopic (exact) mass is 318 g/mol. The van der Waals surface area contributed by atoms with Crippen molar-refractivity contribution in [1.29, 1.82) is 0 Å². The number of ether oxygens (including phenoxy) is 3. The van der Waals surface area contributed by atoms with Gasteiger partial charge in [-0.2, -0.15) is 0 Å². The van der Waals surface area contributed by atoms with Crippen LogP contribution in [0.5, 0.6) is 0 Å². The highest BCUT2D eigenvalue weighted by Gasteiger charge is 2.39. The molecule has 0 amide bonds. The molecule has 0 rings (SSSR count). The Morgan fingerprint density at radius 1 is 0.727 bits per heavy atom. The number of aliphatic hydroxyl groups is 1. The third-order valence-electron chi connectivity index (χ3n) is 3.80. The molecule has 0 radical (unpaired) electrons. The molecule has 1 unspecified atom stereocenters. The minimum absolute atomic E-state index is 0.400. The van der Waals surface area contributed by atoms with Crippen molar-refractivity contribution in [2.45, 2.75) is 97.6 Å². The first-order valence-corrected chi connectivity index (χ1v) is 9.26. The molecule has 0 aromatic rings. The molecule has 134 valence electrons. The smallest absolute Gasteiger partial charge is 0.308 e. The summed E-state index contributed by atoms with van der Waals surface area (Å²) in [4.78, 5) is 0. The molecule has 0 aliphatic rings. The fourth-order valence-electron chi connectivity index (χ4n) is 2.68. The van der Waals surface area contributed by atoms with Gasteiger partial charge in [-0.15, -0.1) is 0 Å². The van der Waals surface area contributed by atoms with Crippen molar-refractivity contribution in [3.05, 3.63) is 0 Å². The van der Waals surface area contributed by atoms with E-state index < -0.39 is 12.1 Å². The van der Waals surface area contributed by atoms with Crippen LogP contribution in [0.3, 0.4) is 0 Å². The molecule has 0 bridgehead atoms. The maximum absolute atomic E-state index is 10.5. The molecule has 0 saturated heterocycles. The van der Waals surface area contributed by atoms with Gasteiger partial charge in [-0.05, 0) is 27.2 Å². The van der Waals surface area contributed by atoms with Crippen molar-refractivity contribution in [3.8, 4) is 0 Å². The van der Waals surface area contributed by atoms with E-state index in [-0.39, 0.29) is 0 Å². The van der Waals surface area contributed by atoms with Crippen LogP contribution in [-0.2, 0) is 14.2 Å². The van der Waals surface area contributed by atoms with Gasteiger partial charge in [0.25, 0.3) is 0 Å². The lowest BCUT2D eigenvalue weighted by atomic mass is 10.0. The zero-order valence-corrected chi connectivity index (χ0v) is 15.2. The molecular formula is C18H38O4. The molecule has 22 heavy (non-hydrogen) atoms. The van der Waals surface area contributed by atoms with E-state index in [1.807, 2.05) is 20.8 Å². The summed E-state index contributed by atoms with van der Waals surface area (Å²) in [5.74, 6) is -1.61. The first-order valence-electron chi connectivity index (χ1n) is 9.26. The lowest BCUT2D eigenvalue weighted by Crippen LogP contribution is -2.49. The summed E-state index contributed by atoms with van der Waals surface area (Å²) in [6, 6.07) is 0. The Kier molecular flexibility index (Phi) is 14.3. The molecular weight excluding hydrogens is 280 g/mol. The van der Waals surface area contributed by atoms with E-state index in [0.29, 0.717) is 19.8 Å². The zero-order valence-electron chi connectivity index (χ0n) is 15.2. The molecule has 1 N–H and O–H groups in total. The number of hydrogen-bond donors (Lipinski definition) is 1. The van der Waals surface area contributed by atoms with Crippen molar-refractivity contribution >= 4 is 0 Å². The Hall–Kier alpha value is -0.160. The second-order valence-corrected chi connectivity index (χ2v) is 5.70. The van der Waals surface area contributed by atoms with Gasteiger partial charge >= 0.3 is 5.97 Å². The van der Waals surface area contributed by atoms with Gasteiger partial charge in [-0.3, -0.25) is 0 Å². The summed E-state index contributed by atoms with van der Waals surface area (Å²) in [5, 5.41) is 10.5. The van der Waals surface area contributed by atoms with E-state index in [1.165, 1.54) is 44.9 Å². The molecule has 0 spiro atoms. The van der Waals surface area contributed by atoms with Crippen LogP contribution >= 0.6 is 0 Å². The molecule has 0 aliphatic heterocycles. The van der Waals surface area contributed by atoms with E-state index >= 15 is 0 Å². The third-order valence-corrected chi connectivity index (χ3v) is 3.80. The van der Waals surface area contributed by atoms with Crippen molar-refractivity contribution < 1.29 is 19.3 Å². The topological polar surface area (TPSA) is 47.9 Å². The van der Waals surface area contributed by atoms with E-state index in [4.69, 9.17) is 14.2 Å². The second-order valence-electron chi connectivity index (χ2n) is 5.70. The van der Waals surface area contributed by atoms with E-state index in [0.717, 1.165) is 12.8 Å². The lowest BCUT2D eigenvalue weighted by molar-refractivity contribution is -0.398. The maximum Gasteiger partial charge on any atom is 0.308 e. The molecule has 4 nitrogen and oxygen atoms in total. The van der Waals surface area contributed by atoms with Crippen molar-refractivity contribution in [2.75, 3.05) is 19.8 Å². The van der Waals surface area contributed by atoms with Crippen LogP contribution in [0.4, 0.5) is 0 Å². The maximum atomic E-state index is 10.5. The summed E-state index contributed by atoms with van der Waals surface area (Å²) in [7, 11) is 0. The predicted molar refractivity (Wildman–Crippen MR) is 90.8 cm³/mol. The predicted octanol–water partition coefficient (Wildman–Crippen LogP) is 4.64. The van der Waals surface area contributed by atoms with Crippen LogP contribution in [0.1, 0.15) is 85.5 Å². The number of hydrogen-bond acceptors (Lipinski definition) is 4. The van der Waals surface area contributed by atoms with Crippen LogP contribution in [0.2, 0.25) is 0 Å². The quantitative estimate of drug-likeness (QED) is 0.333. The number of rotatable bonds is 16. The Morgan fingerprint density at radius 2 is 1.23 bits per heavy atom. The molecule has 0 fully saturated rings. The van der Waals surface area contributed by atoms with Crippen molar-refractivity contribution in [3.63, 3.8) is 0 Å². The molecule has 0 aromatic carbocycles. The van der Waals surface area contributed by atoms with Crippen LogP contribution in [0.25, 0.3) is 0 Å². The lowest BCUT2D eigenvalue weighted by Gasteiger charge is -2.34. The Morgan fingerprint density at radius 3 is 1.68 bits per heavy atom. The fourth-order valence-corrected chi connectivity index (χ4v) is 2.68. The van der Waals surface area contributed by atoms with Gasteiger partial charge in [0.2, 0.25) is 0 Å². The second kappa shape index (κ2) is 14.4. The Labute approximate surface area is 137 Å². The average Bonchev–Trinajstić information content (AvgIpc) is 2.49. The van der Waals surface area contributed by atoms with Crippen LogP contribution in [-0.4, -0.2) is 37.0 Å². The van der Waals surface area contributed by atoms with E-state index in [1.54, 1.807) is 0 Å². The van der Waals surface area contributed by atoms with Gasteiger partial charge in [-0.1, -0.05) is 58.3 Å². The Balaban J connectivity index is 4.06. The Bertz CT molecular complexity index is 227. The van der Waals surface area contributed by atoms with E-state index in [2.05, 4.69) is 6.92 Å². The molecule has 0 heterocycles. The molecule has 0 aromatic heterocycles. The van der Waals surface area contributed by atoms with Crippen LogP contribution in [0.15, 0.2) is 0 Å². The van der Waals surface area contributed by atoms with Crippen LogP contribution in [0, 0.1) is 0 Å². The molecule has 0 aliphatic carbocycles. The van der Waals surface area contributed by atoms with Gasteiger partial charge in [0.15, 0.2) is 0 Å². The minimum atomic E-state index is -1.61. The first-order chi connectivity index (χ1) is 10.6. The third kappa shape index (κ3) is 9.78. The highest BCUT2D eigenvalue weighted by atomic mass is 16.8. The summed E-state index contributed by atoms with van der Waals surface area (Å²) >= 11 is 0.